The summed E-state index contributed by atoms with van der Waals surface area (Å²) in [6.07, 6.45) is -4.61. The number of esters is 1. The Labute approximate surface area is 161 Å². The molecule has 5 nitrogen and oxygen atoms in total. The van der Waals surface area contributed by atoms with Crippen molar-refractivity contribution in [3.8, 4) is 0 Å². The number of aromatic nitrogens is 1. The molecule has 0 atom stereocenters. The summed E-state index contributed by atoms with van der Waals surface area (Å²) < 4.78 is 43.8. The van der Waals surface area contributed by atoms with Gasteiger partial charge in [0, 0.05) is 0 Å². The maximum atomic E-state index is 13.1. The largest absolute Gasteiger partial charge is 0.464 e. The van der Waals surface area contributed by atoms with E-state index in [9.17, 15) is 22.8 Å². The van der Waals surface area contributed by atoms with E-state index in [-0.39, 0.29) is 35.3 Å². The van der Waals surface area contributed by atoms with Crippen molar-refractivity contribution in [3.05, 3.63) is 52.2 Å². The van der Waals surface area contributed by atoms with Gasteiger partial charge in [-0.25, -0.2) is 9.78 Å². The van der Waals surface area contributed by atoms with Crippen LogP contribution in [-0.2, 0) is 22.3 Å². The van der Waals surface area contributed by atoms with Crippen LogP contribution in [0.15, 0.2) is 35.2 Å². The highest BCUT2D eigenvalue weighted by Crippen LogP contribution is 2.37. The minimum absolute atomic E-state index is 0.00337. The van der Waals surface area contributed by atoms with E-state index < -0.39 is 22.7 Å². The van der Waals surface area contributed by atoms with Gasteiger partial charge in [-0.3, -0.25) is 9.69 Å². The van der Waals surface area contributed by atoms with E-state index in [1.54, 1.807) is 6.07 Å². The zero-order chi connectivity index (χ0) is 19.8. The van der Waals surface area contributed by atoms with Gasteiger partial charge in [-0.2, -0.15) is 13.2 Å². The third-order valence-electron chi connectivity index (χ3n) is 3.82. The van der Waals surface area contributed by atoms with Crippen molar-refractivity contribution in [2.45, 2.75) is 17.6 Å². The van der Waals surface area contributed by atoms with Crippen LogP contribution in [0.1, 0.15) is 21.6 Å². The van der Waals surface area contributed by atoms with E-state index in [1.165, 1.54) is 35.9 Å². The lowest BCUT2D eigenvalue weighted by molar-refractivity contribution is -0.137. The molecule has 0 aliphatic carbocycles. The molecule has 0 saturated carbocycles. The number of hydrogen-bond donors (Lipinski definition) is 0. The number of halogens is 4. The summed E-state index contributed by atoms with van der Waals surface area (Å²) in [5.74, 6) is -0.675. The molecule has 3 rings (SSSR count). The Morgan fingerprint density at radius 3 is 2.74 bits per heavy atom. The number of ether oxygens (including phenoxy) is 1. The summed E-state index contributed by atoms with van der Waals surface area (Å²) in [6.45, 7) is -0.135. The van der Waals surface area contributed by atoms with E-state index in [2.05, 4.69) is 9.72 Å². The number of carbonyl (C=O) groups excluding carboxylic acids is 2. The van der Waals surface area contributed by atoms with Crippen LogP contribution < -0.4 is 4.90 Å². The fourth-order valence-electron chi connectivity index (χ4n) is 2.53. The highest BCUT2D eigenvalue weighted by molar-refractivity contribution is 8.00. The van der Waals surface area contributed by atoms with Crippen LogP contribution in [0.5, 0.6) is 0 Å². The summed E-state index contributed by atoms with van der Waals surface area (Å²) >= 11 is 6.88. The summed E-state index contributed by atoms with van der Waals surface area (Å²) in [5, 5.41) is -0.418. The van der Waals surface area contributed by atoms with Gasteiger partial charge < -0.3 is 4.74 Å². The summed E-state index contributed by atoms with van der Waals surface area (Å²) in [4.78, 5) is 30.1. The average Bonchev–Trinajstić information content (AvgIpc) is 2.63. The highest BCUT2D eigenvalue weighted by atomic mass is 35.5. The van der Waals surface area contributed by atoms with Crippen LogP contribution in [0.4, 0.5) is 19.0 Å². The number of nitrogens with zero attached hydrogens (tertiary/aromatic N) is 2. The molecule has 1 aromatic heterocycles. The van der Waals surface area contributed by atoms with Gasteiger partial charge in [-0.05, 0) is 29.8 Å². The second-order valence-electron chi connectivity index (χ2n) is 5.59. The van der Waals surface area contributed by atoms with Gasteiger partial charge >= 0.3 is 12.1 Å². The number of hydrogen-bond acceptors (Lipinski definition) is 5. The SMILES string of the molecule is COC(=O)c1ccc2c(n1)N(Cc1ccc(Cl)c(C(F)(F)F)c1)C(=O)CS2. The lowest BCUT2D eigenvalue weighted by atomic mass is 10.1. The number of thioether (sulfide) groups is 1. The molecule has 10 heteroatoms. The Kier molecular flexibility index (Phi) is 5.34. The molecule has 1 aliphatic rings. The molecule has 142 valence electrons. The second kappa shape index (κ2) is 7.40. The highest BCUT2D eigenvalue weighted by Gasteiger charge is 2.34. The number of anilines is 1. The first-order valence-electron chi connectivity index (χ1n) is 7.59. The van der Waals surface area contributed by atoms with Crippen LogP contribution in [0, 0.1) is 0 Å². The van der Waals surface area contributed by atoms with Crippen LogP contribution in [0.3, 0.4) is 0 Å². The minimum atomic E-state index is -4.61. The number of benzene rings is 1. The van der Waals surface area contributed by atoms with E-state index in [0.29, 0.717) is 4.90 Å². The molecular formula is C17H12ClF3N2O3S. The van der Waals surface area contributed by atoms with Gasteiger partial charge in [0.15, 0.2) is 5.69 Å². The Morgan fingerprint density at radius 1 is 1.33 bits per heavy atom. The fourth-order valence-corrected chi connectivity index (χ4v) is 3.64. The molecule has 1 amide bonds. The number of rotatable bonds is 3. The van der Waals surface area contributed by atoms with E-state index in [0.717, 1.165) is 12.1 Å². The van der Waals surface area contributed by atoms with E-state index in [1.807, 2.05) is 0 Å². The molecule has 1 aromatic carbocycles. The molecule has 2 heterocycles. The quantitative estimate of drug-likeness (QED) is 0.702. The predicted molar refractivity (Wildman–Crippen MR) is 93.9 cm³/mol. The minimum Gasteiger partial charge on any atom is -0.464 e. The normalized spacial score (nSPS) is 14.1. The molecule has 0 unspecified atom stereocenters. The zero-order valence-electron chi connectivity index (χ0n) is 13.8. The molecule has 0 radical (unpaired) electrons. The van der Waals surface area contributed by atoms with E-state index in [4.69, 9.17) is 11.6 Å². The Bertz CT molecular complexity index is 921. The molecular weight excluding hydrogens is 405 g/mol. The lowest BCUT2D eigenvalue weighted by Gasteiger charge is -2.28. The van der Waals surface area contributed by atoms with Crippen LogP contribution in [0.2, 0.25) is 5.02 Å². The topological polar surface area (TPSA) is 59.5 Å². The molecule has 27 heavy (non-hydrogen) atoms. The number of alkyl halides is 3. The van der Waals surface area contributed by atoms with E-state index >= 15 is 0 Å². The Morgan fingerprint density at radius 2 is 2.07 bits per heavy atom. The maximum Gasteiger partial charge on any atom is 0.417 e. The third-order valence-corrected chi connectivity index (χ3v) is 5.17. The molecule has 0 spiro atoms. The summed E-state index contributed by atoms with van der Waals surface area (Å²) in [5.41, 5.74) is -0.733. The van der Waals surface area contributed by atoms with Gasteiger partial charge in [0.05, 0.1) is 34.9 Å². The van der Waals surface area contributed by atoms with Crippen molar-refractivity contribution in [1.82, 2.24) is 4.98 Å². The number of methoxy groups -OCH3 is 1. The maximum absolute atomic E-state index is 13.1. The van der Waals surface area contributed by atoms with Crippen LogP contribution >= 0.6 is 23.4 Å². The van der Waals surface area contributed by atoms with Crippen LogP contribution in [-0.4, -0.2) is 29.7 Å². The van der Waals surface area contributed by atoms with Gasteiger partial charge in [0.2, 0.25) is 5.91 Å². The third kappa shape index (κ3) is 4.03. The number of fused-ring (bicyclic) bond motifs is 1. The summed E-state index contributed by atoms with van der Waals surface area (Å²) in [6, 6.07) is 6.55. The van der Waals surface area contributed by atoms with Crippen molar-refractivity contribution in [1.29, 1.82) is 0 Å². The van der Waals surface area contributed by atoms with Gasteiger partial charge in [-0.1, -0.05) is 17.7 Å². The molecule has 0 N–H and O–H groups in total. The smallest absolute Gasteiger partial charge is 0.417 e. The van der Waals surface area contributed by atoms with Gasteiger partial charge in [0.1, 0.15) is 5.82 Å². The Balaban J connectivity index is 1.99. The molecule has 1 aliphatic heterocycles. The van der Waals surface area contributed by atoms with Crippen molar-refractivity contribution in [3.63, 3.8) is 0 Å². The fraction of sp³-hybridized carbons (Fsp3) is 0.235. The Hall–Kier alpha value is -2.26. The van der Waals surface area contributed by atoms with Crippen molar-refractivity contribution in [2.75, 3.05) is 17.8 Å². The number of carbonyl (C=O) groups is 2. The molecule has 0 saturated heterocycles. The van der Waals surface area contributed by atoms with Crippen molar-refractivity contribution >= 4 is 41.1 Å². The van der Waals surface area contributed by atoms with Crippen LogP contribution in [0.25, 0.3) is 0 Å². The predicted octanol–water partition coefficient (Wildman–Crippen LogP) is 4.18. The van der Waals surface area contributed by atoms with Gasteiger partial charge in [0.25, 0.3) is 0 Å². The summed E-state index contributed by atoms with van der Waals surface area (Å²) in [7, 11) is 1.20. The molecule has 0 bridgehead atoms. The molecule has 0 fully saturated rings. The van der Waals surface area contributed by atoms with Crippen molar-refractivity contribution < 1.29 is 27.5 Å². The number of amides is 1. The zero-order valence-corrected chi connectivity index (χ0v) is 15.4. The second-order valence-corrected chi connectivity index (χ2v) is 7.01. The van der Waals surface area contributed by atoms with Crippen molar-refractivity contribution in [2.24, 2.45) is 0 Å². The first-order valence-corrected chi connectivity index (χ1v) is 8.95. The monoisotopic (exact) mass is 416 g/mol. The standard InChI is InChI=1S/C17H12ClF3N2O3S/c1-26-16(25)12-4-5-13-15(22-12)23(14(24)8-27-13)7-9-2-3-11(18)10(6-9)17(19,20)21/h2-6H,7-8H2,1H3. The van der Waals surface area contributed by atoms with Gasteiger partial charge in [-0.15, -0.1) is 11.8 Å². The molecule has 2 aromatic rings. The first kappa shape index (κ1) is 19.5. The average molecular weight is 417 g/mol. The first-order chi connectivity index (χ1) is 12.7. The lowest BCUT2D eigenvalue weighted by Crippen LogP contribution is -2.36. The number of pyridine rings is 1.